The van der Waals surface area contributed by atoms with Crippen LogP contribution in [0.25, 0.3) is 0 Å². The van der Waals surface area contributed by atoms with Crippen molar-refractivity contribution in [1.82, 2.24) is 0 Å². The maximum Gasteiger partial charge on any atom is 0.221 e. The van der Waals surface area contributed by atoms with Gasteiger partial charge in [0.2, 0.25) is 5.91 Å². The summed E-state index contributed by atoms with van der Waals surface area (Å²) in [6, 6.07) is 7.18. The van der Waals surface area contributed by atoms with Crippen LogP contribution in [0.5, 0.6) is 0 Å². The van der Waals surface area contributed by atoms with E-state index in [0.717, 1.165) is 5.56 Å². The summed E-state index contributed by atoms with van der Waals surface area (Å²) in [7, 11) is 0. The van der Waals surface area contributed by atoms with E-state index in [0.29, 0.717) is 5.69 Å². The Morgan fingerprint density at radius 2 is 2.07 bits per heavy atom. The molecule has 14 heavy (non-hydrogen) atoms. The van der Waals surface area contributed by atoms with Crippen molar-refractivity contribution in [2.24, 2.45) is 0 Å². The Hall–Kier alpha value is -1.35. The van der Waals surface area contributed by atoms with E-state index in [1.54, 1.807) is 32.0 Å². The second-order valence-electron chi connectivity index (χ2n) is 3.82. The van der Waals surface area contributed by atoms with E-state index in [1.807, 2.05) is 6.07 Å². The number of carbonyl (C=O) groups is 1. The maximum absolute atomic E-state index is 10.8. The molecular formula is C11H15NO2. The maximum atomic E-state index is 10.8. The molecule has 0 aliphatic carbocycles. The van der Waals surface area contributed by atoms with Gasteiger partial charge in [0.05, 0.1) is 5.60 Å². The van der Waals surface area contributed by atoms with Crippen LogP contribution in [0.2, 0.25) is 0 Å². The van der Waals surface area contributed by atoms with Gasteiger partial charge in [-0.2, -0.15) is 0 Å². The van der Waals surface area contributed by atoms with Crippen molar-refractivity contribution in [3.8, 4) is 0 Å². The first kappa shape index (κ1) is 10.7. The molecule has 2 N–H and O–H groups in total. The molecule has 1 amide bonds. The van der Waals surface area contributed by atoms with Gasteiger partial charge in [-0.15, -0.1) is 0 Å². The van der Waals surface area contributed by atoms with Crippen LogP contribution in [0, 0.1) is 0 Å². The fourth-order valence-corrected chi connectivity index (χ4v) is 1.18. The molecule has 3 nitrogen and oxygen atoms in total. The third-order valence-corrected chi connectivity index (χ3v) is 1.89. The summed E-state index contributed by atoms with van der Waals surface area (Å²) in [5, 5.41) is 12.4. The van der Waals surface area contributed by atoms with Crippen LogP contribution in [0.1, 0.15) is 26.3 Å². The molecule has 0 aliphatic heterocycles. The fraction of sp³-hybridized carbons (Fsp3) is 0.364. The molecule has 0 atom stereocenters. The van der Waals surface area contributed by atoms with Crippen molar-refractivity contribution < 1.29 is 9.90 Å². The van der Waals surface area contributed by atoms with Crippen molar-refractivity contribution in [1.29, 1.82) is 0 Å². The van der Waals surface area contributed by atoms with Crippen LogP contribution >= 0.6 is 0 Å². The Labute approximate surface area is 83.8 Å². The molecule has 0 aliphatic rings. The molecule has 1 rings (SSSR count). The molecular weight excluding hydrogens is 178 g/mol. The van der Waals surface area contributed by atoms with Gasteiger partial charge in [-0.3, -0.25) is 4.79 Å². The van der Waals surface area contributed by atoms with Crippen LogP contribution in [0.3, 0.4) is 0 Å². The SMILES string of the molecule is CC(=O)Nc1cccc(C(C)(C)O)c1. The van der Waals surface area contributed by atoms with Crippen LogP contribution in [0.4, 0.5) is 5.69 Å². The molecule has 0 radical (unpaired) electrons. The highest BCUT2D eigenvalue weighted by atomic mass is 16.3. The van der Waals surface area contributed by atoms with Gasteiger partial charge >= 0.3 is 0 Å². The average Bonchev–Trinajstić information content (AvgIpc) is 2.01. The largest absolute Gasteiger partial charge is 0.386 e. The lowest BCUT2D eigenvalue weighted by atomic mass is 9.98. The van der Waals surface area contributed by atoms with Crippen molar-refractivity contribution >= 4 is 11.6 Å². The number of hydrogen-bond acceptors (Lipinski definition) is 2. The lowest BCUT2D eigenvalue weighted by Crippen LogP contribution is -2.16. The van der Waals surface area contributed by atoms with Gasteiger partial charge in [0, 0.05) is 12.6 Å². The van der Waals surface area contributed by atoms with Gasteiger partial charge in [0.25, 0.3) is 0 Å². The molecule has 0 unspecified atom stereocenters. The molecule has 0 fully saturated rings. The molecule has 3 heteroatoms. The van der Waals surface area contributed by atoms with E-state index < -0.39 is 5.60 Å². The molecule has 0 heterocycles. The number of hydrogen-bond donors (Lipinski definition) is 2. The number of amides is 1. The summed E-state index contributed by atoms with van der Waals surface area (Å²) in [5.41, 5.74) is 0.606. The number of nitrogens with one attached hydrogen (secondary N) is 1. The quantitative estimate of drug-likeness (QED) is 0.753. The third-order valence-electron chi connectivity index (χ3n) is 1.89. The Morgan fingerprint density at radius 1 is 1.43 bits per heavy atom. The van der Waals surface area contributed by atoms with Crippen molar-refractivity contribution in [2.45, 2.75) is 26.4 Å². The zero-order valence-corrected chi connectivity index (χ0v) is 8.66. The van der Waals surface area contributed by atoms with E-state index in [2.05, 4.69) is 5.32 Å². The zero-order valence-electron chi connectivity index (χ0n) is 8.66. The summed E-state index contributed by atoms with van der Waals surface area (Å²) < 4.78 is 0. The molecule has 0 spiro atoms. The topological polar surface area (TPSA) is 49.3 Å². The first-order chi connectivity index (χ1) is 6.39. The van der Waals surface area contributed by atoms with Crippen molar-refractivity contribution in [3.05, 3.63) is 29.8 Å². The first-order valence-electron chi connectivity index (χ1n) is 4.50. The van der Waals surface area contributed by atoms with Crippen LogP contribution < -0.4 is 5.32 Å². The van der Waals surface area contributed by atoms with Gasteiger partial charge < -0.3 is 10.4 Å². The summed E-state index contributed by atoms with van der Waals surface area (Å²) in [6.07, 6.45) is 0. The van der Waals surface area contributed by atoms with Crippen LogP contribution in [-0.4, -0.2) is 11.0 Å². The van der Waals surface area contributed by atoms with E-state index >= 15 is 0 Å². The van der Waals surface area contributed by atoms with Crippen molar-refractivity contribution in [3.63, 3.8) is 0 Å². The predicted molar refractivity (Wildman–Crippen MR) is 56.0 cm³/mol. The molecule has 1 aromatic rings. The number of carbonyl (C=O) groups excluding carboxylic acids is 1. The molecule has 0 aromatic heterocycles. The highest BCUT2D eigenvalue weighted by molar-refractivity contribution is 5.88. The van der Waals surface area contributed by atoms with E-state index in [1.165, 1.54) is 6.92 Å². The Balaban J connectivity index is 2.95. The highest BCUT2D eigenvalue weighted by Crippen LogP contribution is 2.22. The minimum absolute atomic E-state index is 0.113. The summed E-state index contributed by atoms with van der Waals surface area (Å²) >= 11 is 0. The molecule has 0 saturated carbocycles. The summed E-state index contributed by atoms with van der Waals surface area (Å²) in [6.45, 7) is 4.87. The van der Waals surface area contributed by atoms with Gasteiger partial charge in [0.15, 0.2) is 0 Å². The Bertz CT molecular complexity index is 339. The first-order valence-corrected chi connectivity index (χ1v) is 4.50. The predicted octanol–water partition coefficient (Wildman–Crippen LogP) is 1.87. The third kappa shape index (κ3) is 2.85. The Morgan fingerprint density at radius 3 is 2.57 bits per heavy atom. The zero-order chi connectivity index (χ0) is 10.8. The smallest absolute Gasteiger partial charge is 0.221 e. The van der Waals surface area contributed by atoms with Crippen molar-refractivity contribution in [2.75, 3.05) is 5.32 Å². The van der Waals surface area contributed by atoms with Crippen LogP contribution in [-0.2, 0) is 10.4 Å². The fourth-order valence-electron chi connectivity index (χ4n) is 1.18. The van der Waals surface area contributed by atoms with Crippen LogP contribution in [0.15, 0.2) is 24.3 Å². The number of aliphatic hydroxyl groups is 1. The van der Waals surface area contributed by atoms with E-state index in [-0.39, 0.29) is 5.91 Å². The lowest BCUT2D eigenvalue weighted by Gasteiger charge is -2.18. The molecule has 0 bridgehead atoms. The van der Waals surface area contributed by atoms with Gasteiger partial charge in [-0.1, -0.05) is 12.1 Å². The number of rotatable bonds is 2. The van der Waals surface area contributed by atoms with E-state index in [4.69, 9.17) is 0 Å². The van der Waals surface area contributed by atoms with E-state index in [9.17, 15) is 9.90 Å². The minimum Gasteiger partial charge on any atom is -0.386 e. The second-order valence-corrected chi connectivity index (χ2v) is 3.82. The van der Waals surface area contributed by atoms with Gasteiger partial charge in [0.1, 0.15) is 0 Å². The van der Waals surface area contributed by atoms with Gasteiger partial charge in [-0.25, -0.2) is 0 Å². The normalized spacial score (nSPS) is 11.1. The number of anilines is 1. The summed E-state index contributed by atoms with van der Waals surface area (Å²) in [5.74, 6) is -0.113. The molecule has 76 valence electrons. The molecule has 1 aromatic carbocycles. The second kappa shape index (κ2) is 3.80. The standard InChI is InChI=1S/C11H15NO2/c1-8(13)12-10-6-4-5-9(7-10)11(2,3)14/h4-7,14H,1-3H3,(H,12,13). The van der Waals surface area contributed by atoms with Gasteiger partial charge in [-0.05, 0) is 31.5 Å². The molecule has 0 saturated heterocycles. The monoisotopic (exact) mass is 193 g/mol. The Kier molecular flexibility index (Phi) is 2.91. The lowest BCUT2D eigenvalue weighted by molar-refractivity contribution is -0.114. The summed E-state index contributed by atoms with van der Waals surface area (Å²) in [4.78, 5) is 10.8. The highest BCUT2D eigenvalue weighted by Gasteiger charge is 2.15. The minimum atomic E-state index is -0.880. The average molecular weight is 193 g/mol. The number of benzene rings is 1.